The van der Waals surface area contributed by atoms with Gasteiger partial charge in [0.1, 0.15) is 4.90 Å². The molecule has 1 aromatic heterocycles. The molecule has 3 N–H and O–H groups in total. The fourth-order valence-corrected chi connectivity index (χ4v) is 2.29. The molecule has 106 valence electrons. The van der Waals surface area contributed by atoms with E-state index in [-0.39, 0.29) is 22.9 Å². The van der Waals surface area contributed by atoms with Gasteiger partial charge in [0, 0.05) is 12.6 Å². The molecular formula is C11H13N5O3S. The molecule has 0 saturated heterocycles. The summed E-state index contributed by atoms with van der Waals surface area (Å²) in [4.78, 5) is 11.7. The minimum Gasteiger partial charge on any atom is -0.325 e. The largest absolute Gasteiger partial charge is 0.325 e. The molecule has 0 unspecified atom stereocenters. The number of aryl methyl sites for hydroxylation is 1. The number of amides is 1. The van der Waals surface area contributed by atoms with Gasteiger partial charge in [-0.25, -0.2) is 13.6 Å². The van der Waals surface area contributed by atoms with Crippen LogP contribution in [0.2, 0.25) is 0 Å². The topological polar surface area (TPSA) is 120 Å². The average Bonchev–Trinajstić information content (AvgIpc) is 2.89. The van der Waals surface area contributed by atoms with Crippen molar-refractivity contribution in [3.63, 3.8) is 0 Å². The molecule has 0 aliphatic rings. The lowest BCUT2D eigenvalue weighted by Gasteiger charge is -2.09. The van der Waals surface area contributed by atoms with Crippen LogP contribution in [0.1, 0.15) is 6.42 Å². The van der Waals surface area contributed by atoms with Crippen molar-refractivity contribution in [1.29, 1.82) is 0 Å². The van der Waals surface area contributed by atoms with Gasteiger partial charge in [0.15, 0.2) is 0 Å². The lowest BCUT2D eigenvalue weighted by atomic mass is 10.3. The molecule has 2 rings (SSSR count). The Bertz CT molecular complexity index is 697. The molecule has 1 heterocycles. The van der Waals surface area contributed by atoms with Gasteiger partial charge >= 0.3 is 0 Å². The summed E-state index contributed by atoms with van der Waals surface area (Å²) >= 11 is 0. The van der Waals surface area contributed by atoms with E-state index >= 15 is 0 Å². The standard InChI is InChI=1S/C11H13N5O3S/c12-20(18,19)10-4-2-1-3-9(10)14-11(17)5-7-16-8-6-13-15-16/h1-4,6,8H,5,7H2,(H,14,17)(H2,12,18,19). The van der Waals surface area contributed by atoms with E-state index in [2.05, 4.69) is 15.6 Å². The summed E-state index contributed by atoms with van der Waals surface area (Å²) in [6, 6.07) is 5.96. The Morgan fingerprint density at radius 1 is 1.35 bits per heavy atom. The molecule has 0 fully saturated rings. The van der Waals surface area contributed by atoms with Gasteiger partial charge in [-0.15, -0.1) is 5.10 Å². The first-order valence-electron chi connectivity index (χ1n) is 5.72. The SMILES string of the molecule is NS(=O)(=O)c1ccccc1NC(=O)CCn1ccnn1. The fourth-order valence-electron chi connectivity index (χ4n) is 1.60. The maximum atomic E-state index is 11.8. The number of primary sulfonamides is 1. The molecule has 0 radical (unpaired) electrons. The van der Waals surface area contributed by atoms with Crippen molar-refractivity contribution in [3.05, 3.63) is 36.7 Å². The van der Waals surface area contributed by atoms with Gasteiger partial charge in [0.25, 0.3) is 0 Å². The molecular weight excluding hydrogens is 282 g/mol. The number of rotatable bonds is 5. The van der Waals surface area contributed by atoms with Crippen molar-refractivity contribution in [3.8, 4) is 0 Å². The van der Waals surface area contributed by atoms with Crippen LogP contribution in [0.4, 0.5) is 5.69 Å². The van der Waals surface area contributed by atoms with Crippen LogP contribution in [0.3, 0.4) is 0 Å². The highest BCUT2D eigenvalue weighted by molar-refractivity contribution is 7.89. The molecule has 1 aromatic carbocycles. The highest BCUT2D eigenvalue weighted by atomic mass is 32.2. The van der Waals surface area contributed by atoms with E-state index in [1.807, 2.05) is 0 Å². The Morgan fingerprint density at radius 2 is 2.10 bits per heavy atom. The maximum Gasteiger partial charge on any atom is 0.240 e. The Balaban J connectivity index is 2.05. The van der Waals surface area contributed by atoms with Gasteiger partial charge in [-0.2, -0.15) is 0 Å². The summed E-state index contributed by atoms with van der Waals surface area (Å²) in [5.74, 6) is -0.336. The number of nitrogens with zero attached hydrogens (tertiary/aromatic N) is 3. The monoisotopic (exact) mass is 295 g/mol. The predicted octanol–water partition coefficient (Wildman–Crippen LogP) is -0.0457. The summed E-state index contributed by atoms with van der Waals surface area (Å²) < 4.78 is 24.3. The maximum absolute atomic E-state index is 11.8. The minimum atomic E-state index is -3.88. The number of carbonyl (C=O) groups excluding carboxylic acids is 1. The minimum absolute atomic E-state index is 0.117. The predicted molar refractivity (Wildman–Crippen MR) is 71.1 cm³/mol. The van der Waals surface area contributed by atoms with Crippen molar-refractivity contribution >= 4 is 21.6 Å². The number of nitrogens with two attached hydrogens (primary N) is 1. The van der Waals surface area contributed by atoms with Crippen molar-refractivity contribution in [2.24, 2.45) is 5.14 Å². The third-order valence-electron chi connectivity index (χ3n) is 2.51. The number of hydrogen-bond acceptors (Lipinski definition) is 5. The second-order valence-electron chi connectivity index (χ2n) is 4.01. The fraction of sp³-hybridized carbons (Fsp3) is 0.182. The van der Waals surface area contributed by atoms with Crippen LogP contribution in [0.15, 0.2) is 41.6 Å². The Hall–Kier alpha value is -2.26. The smallest absolute Gasteiger partial charge is 0.240 e. The molecule has 8 nitrogen and oxygen atoms in total. The molecule has 1 amide bonds. The number of aromatic nitrogens is 3. The lowest BCUT2D eigenvalue weighted by Crippen LogP contribution is -2.19. The van der Waals surface area contributed by atoms with Crippen LogP contribution < -0.4 is 10.5 Å². The van der Waals surface area contributed by atoms with E-state index in [1.54, 1.807) is 12.3 Å². The Morgan fingerprint density at radius 3 is 2.75 bits per heavy atom. The molecule has 0 spiro atoms. The number of benzene rings is 1. The third kappa shape index (κ3) is 3.62. The van der Waals surface area contributed by atoms with Crippen molar-refractivity contribution < 1.29 is 13.2 Å². The van der Waals surface area contributed by atoms with Crippen molar-refractivity contribution in [1.82, 2.24) is 15.0 Å². The first-order valence-corrected chi connectivity index (χ1v) is 7.27. The first kappa shape index (κ1) is 14.2. The van der Waals surface area contributed by atoms with E-state index in [4.69, 9.17) is 5.14 Å². The molecule has 0 atom stereocenters. The normalized spacial score (nSPS) is 11.2. The summed E-state index contributed by atoms with van der Waals surface area (Å²) in [5, 5.41) is 14.9. The zero-order chi connectivity index (χ0) is 14.6. The molecule has 9 heteroatoms. The molecule has 0 aliphatic heterocycles. The second kappa shape index (κ2) is 5.80. The molecule has 20 heavy (non-hydrogen) atoms. The van der Waals surface area contributed by atoms with Crippen molar-refractivity contribution in [2.45, 2.75) is 17.9 Å². The molecule has 2 aromatic rings. The van der Waals surface area contributed by atoms with Crippen LogP contribution in [-0.2, 0) is 21.4 Å². The summed E-state index contributed by atoms with van der Waals surface area (Å²) in [5.41, 5.74) is 0.165. The number of para-hydroxylation sites is 1. The second-order valence-corrected chi connectivity index (χ2v) is 5.54. The molecule has 0 aliphatic carbocycles. The number of nitrogens with one attached hydrogen (secondary N) is 1. The number of anilines is 1. The summed E-state index contributed by atoms with van der Waals surface area (Å²) in [6.07, 6.45) is 3.28. The Labute approximate surface area is 115 Å². The third-order valence-corrected chi connectivity index (χ3v) is 3.48. The van der Waals surface area contributed by atoms with E-state index in [0.29, 0.717) is 6.54 Å². The van der Waals surface area contributed by atoms with Gasteiger partial charge in [0.2, 0.25) is 15.9 Å². The van der Waals surface area contributed by atoms with Crippen LogP contribution in [0, 0.1) is 0 Å². The van der Waals surface area contributed by atoms with Crippen LogP contribution in [0.25, 0.3) is 0 Å². The van der Waals surface area contributed by atoms with Crippen LogP contribution >= 0.6 is 0 Å². The van der Waals surface area contributed by atoms with E-state index < -0.39 is 10.0 Å². The highest BCUT2D eigenvalue weighted by Crippen LogP contribution is 2.19. The first-order chi connectivity index (χ1) is 9.47. The van der Waals surface area contributed by atoms with Gasteiger partial charge in [0.05, 0.1) is 18.4 Å². The molecule has 0 saturated carbocycles. The van der Waals surface area contributed by atoms with E-state index in [0.717, 1.165) is 0 Å². The van der Waals surface area contributed by atoms with E-state index in [9.17, 15) is 13.2 Å². The highest BCUT2D eigenvalue weighted by Gasteiger charge is 2.14. The quantitative estimate of drug-likeness (QED) is 0.801. The molecule has 0 bridgehead atoms. The van der Waals surface area contributed by atoms with Gasteiger partial charge in [-0.05, 0) is 12.1 Å². The summed E-state index contributed by atoms with van der Waals surface area (Å²) in [7, 11) is -3.88. The average molecular weight is 295 g/mol. The number of carbonyl (C=O) groups is 1. The lowest BCUT2D eigenvalue weighted by molar-refractivity contribution is -0.116. The zero-order valence-corrected chi connectivity index (χ0v) is 11.2. The Kier molecular flexibility index (Phi) is 4.11. The van der Waals surface area contributed by atoms with Crippen molar-refractivity contribution in [2.75, 3.05) is 5.32 Å². The van der Waals surface area contributed by atoms with E-state index in [1.165, 1.54) is 29.1 Å². The number of hydrogen-bond donors (Lipinski definition) is 2. The van der Waals surface area contributed by atoms with Gasteiger partial charge < -0.3 is 5.32 Å². The van der Waals surface area contributed by atoms with Gasteiger partial charge in [-0.3, -0.25) is 9.48 Å². The summed E-state index contributed by atoms with van der Waals surface area (Å²) in [6.45, 7) is 0.351. The van der Waals surface area contributed by atoms with Crippen LogP contribution in [0.5, 0.6) is 0 Å². The zero-order valence-electron chi connectivity index (χ0n) is 10.4. The van der Waals surface area contributed by atoms with Gasteiger partial charge in [-0.1, -0.05) is 17.3 Å². The number of sulfonamides is 1. The van der Waals surface area contributed by atoms with Crippen LogP contribution in [-0.4, -0.2) is 29.3 Å².